The van der Waals surface area contributed by atoms with E-state index in [1.54, 1.807) is 14.2 Å². The Morgan fingerprint density at radius 2 is 1.93 bits per heavy atom. The number of ether oxygens (including phenoxy) is 2. The predicted octanol–water partition coefficient (Wildman–Crippen LogP) is 2.21. The van der Waals surface area contributed by atoms with Crippen molar-refractivity contribution in [2.45, 2.75) is 51.7 Å². The molecule has 0 aromatic heterocycles. The predicted molar refractivity (Wildman–Crippen MR) is 64.3 cm³/mol. The lowest BCUT2D eigenvalue weighted by molar-refractivity contribution is 0.0271. The number of rotatable bonds is 10. The number of hydrogen-bond donors (Lipinski definition) is 1. The molecule has 0 aliphatic rings. The molecule has 0 saturated heterocycles. The van der Waals surface area contributed by atoms with Gasteiger partial charge >= 0.3 is 0 Å². The van der Waals surface area contributed by atoms with E-state index < -0.39 is 0 Å². The lowest BCUT2D eigenvalue weighted by atomic mass is 10.1. The lowest BCUT2D eigenvalue weighted by Crippen LogP contribution is -2.38. The summed E-state index contributed by atoms with van der Waals surface area (Å²) in [5, 5.41) is 3.54. The van der Waals surface area contributed by atoms with E-state index >= 15 is 0 Å². The van der Waals surface area contributed by atoms with Crippen LogP contribution in [0.4, 0.5) is 0 Å². The third-order valence-corrected chi connectivity index (χ3v) is 2.72. The molecule has 0 spiro atoms. The minimum atomic E-state index is 0.172. The Balaban J connectivity index is 3.66. The zero-order valence-electron chi connectivity index (χ0n) is 10.7. The minimum Gasteiger partial charge on any atom is -0.382 e. The van der Waals surface area contributed by atoms with Crippen LogP contribution in [0.2, 0.25) is 0 Å². The first-order valence-corrected chi connectivity index (χ1v) is 6.03. The fourth-order valence-corrected chi connectivity index (χ4v) is 1.60. The van der Waals surface area contributed by atoms with E-state index in [4.69, 9.17) is 9.47 Å². The van der Waals surface area contributed by atoms with Crippen molar-refractivity contribution in [2.24, 2.45) is 0 Å². The second-order valence-electron chi connectivity index (χ2n) is 3.97. The first kappa shape index (κ1) is 14.9. The van der Waals surface area contributed by atoms with Crippen LogP contribution < -0.4 is 5.32 Å². The van der Waals surface area contributed by atoms with Gasteiger partial charge in [-0.25, -0.2) is 0 Å². The first-order chi connectivity index (χ1) is 7.28. The molecule has 2 atom stereocenters. The Bertz CT molecular complexity index is 131. The van der Waals surface area contributed by atoms with Crippen molar-refractivity contribution in [3.05, 3.63) is 0 Å². The molecule has 0 radical (unpaired) electrons. The largest absolute Gasteiger partial charge is 0.382 e. The van der Waals surface area contributed by atoms with Gasteiger partial charge in [0.15, 0.2) is 0 Å². The molecule has 0 aliphatic heterocycles. The molecule has 3 heteroatoms. The monoisotopic (exact) mass is 217 g/mol. The van der Waals surface area contributed by atoms with E-state index in [-0.39, 0.29) is 6.10 Å². The summed E-state index contributed by atoms with van der Waals surface area (Å²) in [6.07, 6.45) is 5.18. The van der Waals surface area contributed by atoms with Crippen LogP contribution in [0.1, 0.15) is 39.5 Å². The van der Waals surface area contributed by atoms with Gasteiger partial charge in [-0.05, 0) is 12.8 Å². The van der Waals surface area contributed by atoms with Crippen LogP contribution in [-0.4, -0.2) is 39.5 Å². The summed E-state index contributed by atoms with van der Waals surface area (Å²) in [6.45, 7) is 6.00. The van der Waals surface area contributed by atoms with E-state index in [2.05, 4.69) is 19.2 Å². The Kier molecular flexibility index (Phi) is 10.3. The highest BCUT2D eigenvalue weighted by molar-refractivity contribution is 4.68. The van der Waals surface area contributed by atoms with Crippen LogP contribution in [0.5, 0.6) is 0 Å². The average molecular weight is 217 g/mol. The SMILES string of the molecule is CCCCC(CC)NCC(COC)OC. The smallest absolute Gasteiger partial charge is 0.0928 e. The topological polar surface area (TPSA) is 30.5 Å². The van der Waals surface area contributed by atoms with Crippen molar-refractivity contribution in [1.29, 1.82) is 0 Å². The van der Waals surface area contributed by atoms with Crippen molar-refractivity contribution < 1.29 is 9.47 Å². The molecule has 0 heterocycles. The fraction of sp³-hybridized carbons (Fsp3) is 1.00. The lowest BCUT2D eigenvalue weighted by Gasteiger charge is -2.21. The van der Waals surface area contributed by atoms with Gasteiger partial charge in [0, 0.05) is 26.8 Å². The summed E-state index contributed by atoms with van der Waals surface area (Å²) in [5.74, 6) is 0. The molecule has 0 fully saturated rings. The zero-order chi connectivity index (χ0) is 11.5. The quantitative estimate of drug-likeness (QED) is 0.608. The van der Waals surface area contributed by atoms with Gasteiger partial charge < -0.3 is 14.8 Å². The van der Waals surface area contributed by atoms with E-state index in [0.717, 1.165) is 6.54 Å². The summed E-state index contributed by atoms with van der Waals surface area (Å²) in [4.78, 5) is 0. The van der Waals surface area contributed by atoms with Crippen molar-refractivity contribution in [1.82, 2.24) is 5.32 Å². The van der Waals surface area contributed by atoms with E-state index in [1.807, 2.05) is 0 Å². The molecule has 0 saturated carbocycles. The number of unbranched alkanes of at least 4 members (excludes halogenated alkanes) is 1. The molecule has 2 unspecified atom stereocenters. The number of methoxy groups -OCH3 is 2. The van der Waals surface area contributed by atoms with Crippen molar-refractivity contribution in [2.75, 3.05) is 27.4 Å². The highest BCUT2D eigenvalue weighted by atomic mass is 16.5. The Hall–Kier alpha value is -0.120. The standard InChI is InChI=1S/C12H27NO2/c1-5-7-8-11(6-2)13-9-12(15-4)10-14-3/h11-13H,5-10H2,1-4H3. The minimum absolute atomic E-state index is 0.172. The molecule has 0 aromatic rings. The summed E-state index contributed by atoms with van der Waals surface area (Å²) < 4.78 is 10.4. The van der Waals surface area contributed by atoms with Gasteiger partial charge in [-0.15, -0.1) is 0 Å². The summed E-state index contributed by atoms with van der Waals surface area (Å²) in [7, 11) is 3.44. The molecular weight excluding hydrogens is 190 g/mol. The summed E-state index contributed by atoms with van der Waals surface area (Å²) in [5.41, 5.74) is 0. The maximum Gasteiger partial charge on any atom is 0.0928 e. The van der Waals surface area contributed by atoms with E-state index in [0.29, 0.717) is 12.6 Å². The van der Waals surface area contributed by atoms with Crippen LogP contribution in [-0.2, 0) is 9.47 Å². The first-order valence-electron chi connectivity index (χ1n) is 6.03. The van der Waals surface area contributed by atoms with Crippen LogP contribution in [0.15, 0.2) is 0 Å². The second kappa shape index (κ2) is 10.4. The molecule has 0 bridgehead atoms. The molecule has 0 amide bonds. The third kappa shape index (κ3) is 7.77. The molecule has 0 aromatic carbocycles. The fourth-order valence-electron chi connectivity index (χ4n) is 1.60. The van der Waals surface area contributed by atoms with Crippen molar-refractivity contribution >= 4 is 0 Å². The normalized spacial score (nSPS) is 15.2. The molecule has 1 N–H and O–H groups in total. The summed E-state index contributed by atoms with van der Waals surface area (Å²) >= 11 is 0. The van der Waals surface area contributed by atoms with Gasteiger partial charge in [0.2, 0.25) is 0 Å². The molecule has 0 rings (SSSR count). The van der Waals surface area contributed by atoms with Gasteiger partial charge in [-0.2, -0.15) is 0 Å². The van der Waals surface area contributed by atoms with Gasteiger partial charge in [-0.3, -0.25) is 0 Å². The highest BCUT2D eigenvalue weighted by Gasteiger charge is 2.10. The van der Waals surface area contributed by atoms with Crippen molar-refractivity contribution in [3.63, 3.8) is 0 Å². The number of hydrogen-bond acceptors (Lipinski definition) is 3. The van der Waals surface area contributed by atoms with E-state index in [9.17, 15) is 0 Å². The van der Waals surface area contributed by atoms with Crippen LogP contribution in [0.25, 0.3) is 0 Å². The second-order valence-corrected chi connectivity index (χ2v) is 3.97. The van der Waals surface area contributed by atoms with E-state index in [1.165, 1.54) is 25.7 Å². The maximum atomic E-state index is 5.30. The van der Waals surface area contributed by atoms with Gasteiger partial charge in [-0.1, -0.05) is 26.7 Å². The van der Waals surface area contributed by atoms with Crippen LogP contribution >= 0.6 is 0 Å². The van der Waals surface area contributed by atoms with Gasteiger partial charge in [0.1, 0.15) is 0 Å². The Morgan fingerprint density at radius 1 is 1.20 bits per heavy atom. The van der Waals surface area contributed by atoms with Crippen LogP contribution in [0.3, 0.4) is 0 Å². The molecule has 0 aliphatic carbocycles. The van der Waals surface area contributed by atoms with Gasteiger partial charge in [0.25, 0.3) is 0 Å². The highest BCUT2D eigenvalue weighted by Crippen LogP contribution is 2.04. The summed E-state index contributed by atoms with van der Waals surface area (Å²) in [6, 6.07) is 0.624. The Morgan fingerprint density at radius 3 is 2.40 bits per heavy atom. The van der Waals surface area contributed by atoms with Gasteiger partial charge in [0.05, 0.1) is 12.7 Å². The maximum absolute atomic E-state index is 5.30. The third-order valence-electron chi connectivity index (χ3n) is 2.72. The molecular formula is C12H27NO2. The van der Waals surface area contributed by atoms with Crippen molar-refractivity contribution in [3.8, 4) is 0 Å². The molecule has 92 valence electrons. The molecule has 15 heavy (non-hydrogen) atoms. The zero-order valence-corrected chi connectivity index (χ0v) is 10.7. The van der Waals surface area contributed by atoms with Crippen LogP contribution in [0, 0.1) is 0 Å². The Labute approximate surface area is 94.5 Å². The number of nitrogens with one attached hydrogen (secondary N) is 1. The molecule has 3 nitrogen and oxygen atoms in total. The average Bonchev–Trinajstić information content (AvgIpc) is 2.27.